The van der Waals surface area contributed by atoms with E-state index < -0.39 is 21.4 Å². The number of hydrogen-bond acceptors (Lipinski definition) is 4. The molecule has 1 aromatic rings. The molecule has 2 fully saturated rings. The third-order valence-corrected chi connectivity index (χ3v) is 7.19. The first kappa shape index (κ1) is 19.7. The van der Waals surface area contributed by atoms with Crippen LogP contribution >= 0.6 is 0 Å². The van der Waals surface area contributed by atoms with Crippen molar-refractivity contribution >= 4 is 15.9 Å². The number of hydrogen-bond donors (Lipinski definition) is 2. The molecule has 0 unspecified atom stereocenters. The maximum absolute atomic E-state index is 13.3. The molecule has 7 nitrogen and oxygen atoms in total. The number of quaternary nitrogens is 1. The minimum atomic E-state index is -3.74. The molecule has 2 N–H and O–H groups in total. The second-order valence-electron chi connectivity index (χ2n) is 7.42. The summed E-state index contributed by atoms with van der Waals surface area (Å²) in [5.74, 6) is -0.565. The highest BCUT2D eigenvalue weighted by Gasteiger charge is 2.43. The molecule has 27 heavy (non-hydrogen) atoms. The number of halogens is 1. The van der Waals surface area contributed by atoms with Crippen LogP contribution in [0.4, 0.5) is 4.39 Å². The monoisotopic (exact) mass is 395 g/mol. The van der Waals surface area contributed by atoms with Crippen LogP contribution in [0.25, 0.3) is 0 Å². The van der Waals surface area contributed by atoms with E-state index in [1.807, 2.05) is 0 Å². The van der Waals surface area contributed by atoms with E-state index in [1.165, 1.54) is 22.5 Å². The number of sulfonamides is 1. The number of amides is 1. The number of rotatable bonds is 6. The van der Waals surface area contributed by atoms with Gasteiger partial charge in [0.15, 0.2) is 6.54 Å². The van der Waals surface area contributed by atoms with Crippen molar-refractivity contribution in [1.29, 1.82) is 5.26 Å². The maximum atomic E-state index is 13.3. The highest BCUT2D eigenvalue weighted by Crippen LogP contribution is 2.39. The van der Waals surface area contributed by atoms with Gasteiger partial charge in [0.05, 0.1) is 37.1 Å². The summed E-state index contributed by atoms with van der Waals surface area (Å²) in [6.45, 7) is 3.45. The van der Waals surface area contributed by atoms with Crippen LogP contribution in [0.3, 0.4) is 0 Å². The van der Waals surface area contributed by atoms with E-state index in [9.17, 15) is 22.9 Å². The number of nitrogens with one attached hydrogen (secondary N) is 2. The molecule has 9 heteroatoms. The van der Waals surface area contributed by atoms with Crippen LogP contribution in [0.15, 0.2) is 29.2 Å². The molecule has 1 heterocycles. The summed E-state index contributed by atoms with van der Waals surface area (Å²) in [5, 5.41) is 12.2. The predicted molar refractivity (Wildman–Crippen MR) is 95.6 cm³/mol. The van der Waals surface area contributed by atoms with Gasteiger partial charge in [-0.1, -0.05) is 6.07 Å². The van der Waals surface area contributed by atoms with Crippen LogP contribution < -0.4 is 10.2 Å². The van der Waals surface area contributed by atoms with Gasteiger partial charge in [-0.25, -0.2) is 12.8 Å². The summed E-state index contributed by atoms with van der Waals surface area (Å²) in [6, 6.07) is 7.18. The summed E-state index contributed by atoms with van der Waals surface area (Å²) in [6.07, 6.45) is 1.90. The minimum Gasteiger partial charge on any atom is -0.333 e. The molecule has 2 aliphatic rings. The van der Waals surface area contributed by atoms with Crippen molar-refractivity contribution in [2.24, 2.45) is 5.92 Å². The average Bonchev–Trinajstić information content (AvgIpc) is 3.47. The summed E-state index contributed by atoms with van der Waals surface area (Å²) < 4.78 is 39.9. The van der Waals surface area contributed by atoms with Gasteiger partial charge in [-0.15, -0.1) is 0 Å². The van der Waals surface area contributed by atoms with Gasteiger partial charge in [0.25, 0.3) is 5.91 Å². The van der Waals surface area contributed by atoms with Crippen LogP contribution in [0, 0.1) is 23.1 Å². The molecule has 1 atom stereocenters. The minimum absolute atomic E-state index is 0.0575. The number of nitriles is 1. The van der Waals surface area contributed by atoms with E-state index >= 15 is 0 Å². The van der Waals surface area contributed by atoms with E-state index in [0.717, 1.165) is 23.8 Å². The molecular formula is C18H24FN4O3S+. The number of benzene rings is 1. The van der Waals surface area contributed by atoms with E-state index in [-0.39, 0.29) is 36.4 Å². The quantitative estimate of drug-likeness (QED) is 0.681. The molecule has 0 spiro atoms. The normalized spacial score (nSPS) is 21.2. The van der Waals surface area contributed by atoms with E-state index in [0.29, 0.717) is 13.1 Å². The Labute approximate surface area is 158 Å². The summed E-state index contributed by atoms with van der Waals surface area (Å²) in [7, 11) is -3.74. The van der Waals surface area contributed by atoms with E-state index in [2.05, 4.69) is 11.4 Å². The first-order valence-electron chi connectivity index (χ1n) is 9.06. The number of carbonyl (C=O) groups is 1. The molecule has 1 aromatic carbocycles. The summed E-state index contributed by atoms with van der Waals surface area (Å²) >= 11 is 0. The fourth-order valence-corrected chi connectivity index (χ4v) is 4.91. The van der Waals surface area contributed by atoms with Crippen molar-refractivity contribution in [1.82, 2.24) is 9.62 Å². The first-order valence-corrected chi connectivity index (χ1v) is 10.5. The van der Waals surface area contributed by atoms with Gasteiger partial charge >= 0.3 is 0 Å². The van der Waals surface area contributed by atoms with Crippen molar-refractivity contribution in [3.8, 4) is 6.07 Å². The van der Waals surface area contributed by atoms with Gasteiger partial charge in [-0.2, -0.15) is 9.57 Å². The molecule has 1 saturated heterocycles. The van der Waals surface area contributed by atoms with Crippen LogP contribution in [-0.2, 0) is 14.8 Å². The standard InChI is InChI=1S/C18H23FN4O3S/c1-18(13-20,14-5-6-14)21-17(24)12-22-7-9-23(10-8-22)27(25,26)16-4-2-3-15(19)11-16/h2-4,11,14H,5-10,12H2,1H3,(H,21,24)/p+1/t18-/m1/s1. The zero-order valence-corrected chi connectivity index (χ0v) is 16.1. The number of carbonyl (C=O) groups excluding carboxylic acids is 1. The lowest BCUT2D eigenvalue weighted by Gasteiger charge is -2.32. The van der Waals surface area contributed by atoms with Crippen LogP contribution in [0.1, 0.15) is 19.8 Å². The fourth-order valence-electron chi connectivity index (χ4n) is 3.44. The van der Waals surface area contributed by atoms with Crippen molar-refractivity contribution < 1.29 is 22.5 Å². The molecule has 1 aliphatic carbocycles. The van der Waals surface area contributed by atoms with E-state index in [4.69, 9.17) is 0 Å². The lowest BCUT2D eigenvalue weighted by Crippen LogP contribution is -3.16. The lowest BCUT2D eigenvalue weighted by molar-refractivity contribution is -0.895. The first-order chi connectivity index (χ1) is 12.7. The highest BCUT2D eigenvalue weighted by atomic mass is 32.2. The molecular weight excluding hydrogens is 371 g/mol. The average molecular weight is 395 g/mol. The fraction of sp³-hybridized carbons (Fsp3) is 0.556. The van der Waals surface area contributed by atoms with Gasteiger partial charge in [0.1, 0.15) is 11.4 Å². The molecule has 0 aromatic heterocycles. The summed E-state index contributed by atoms with van der Waals surface area (Å²) in [5.41, 5.74) is -0.820. The van der Waals surface area contributed by atoms with Crippen molar-refractivity contribution in [3.05, 3.63) is 30.1 Å². The van der Waals surface area contributed by atoms with Gasteiger partial charge in [0.2, 0.25) is 10.0 Å². The van der Waals surface area contributed by atoms with Crippen molar-refractivity contribution in [2.75, 3.05) is 32.7 Å². The molecule has 0 bridgehead atoms. The highest BCUT2D eigenvalue weighted by molar-refractivity contribution is 7.89. The third-order valence-electron chi connectivity index (χ3n) is 5.30. The Hall–Kier alpha value is -2.02. The molecule has 1 aliphatic heterocycles. The largest absolute Gasteiger partial charge is 0.333 e. The zero-order valence-electron chi connectivity index (χ0n) is 15.2. The number of piperazine rings is 1. The topological polar surface area (TPSA) is 94.7 Å². The zero-order chi connectivity index (χ0) is 19.7. The van der Waals surface area contributed by atoms with Crippen molar-refractivity contribution in [2.45, 2.75) is 30.2 Å². The third kappa shape index (κ3) is 4.46. The van der Waals surface area contributed by atoms with Gasteiger partial charge in [-0.3, -0.25) is 4.79 Å². The van der Waals surface area contributed by atoms with E-state index in [1.54, 1.807) is 6.92 Å². The Balaban J connectivity index is 1.54. The van der Waals surface area contributed by atoms with Crippen LogP contribution in [0.5, 0.6) is 0 Å². The van der Waals surface area contributed by atoms with Crippen molar-refractivity contribution in [3.63, 3.8) is 0 Å². The SMILES string of the molecule is C[C@](C#N)(NC(=O)C[NH+]1CCN(S(=O)(=O)c2cccc(F)c2)CC1)C1CC1. The van der Waals surface area contributed by atoms with Gasteiger partial charge < -0.3 is 10.2 Å². The maximum Gasteiger partial charge on any atom is 0.276 e. The Bertz CT molecular complexity index is 858. The molecule has 146 valence electrons. The predicted octanol–water partition coefficient (Wildman–Crippen LogP) is -0.477. The smallest absolute Gasteiger partial charge is 0.276 e. The Morgan fingerprint density at radius 1 is 1.41 bits per heavy atom. The Morgan fingerprint density at radius 2 is 2.07 bits per heavy atom. The lowest BCUT2D eigenvalue weighted by atomic mass is 9.98. The van der Waals surface area contributed by atoms with Gasteiger partial charge in [0, 0.05) is 0 Å². The second kappa shape index (κ2) is 7.54. The Morgan fingerprint density at radius 3 is 2.63 bits per heavy atom. The second-order valence-corrected chi connectivity index (χ2v) is 9.36. The molecule has 1 amide bonds. The Kier molecular flexibility index (Phi) is 5.51. The molecule has 0 radical (unpaired) electrons. The molecule has 3 rings (SSSR count). The van der Waals surface area contributed by atoms with Gasteiger partial charge in [-0.05, 0) is 43.9 Å². The molecule has 1 saturated carbocycles. The van der Waals surface area contributed by atoms with Crippen LogP contribution in [0.2, 0.25) is 0 Å². The number of nitrogens with zero attached hydrogens (tertiary/aromatic N) is 2. The summed E-state index contributed by atoms with van der Waals surface area (Å²) in [4.78, 5) is 13.2. The van der Waals surface area contributed by atoms with Crippen LogP contribution in [-0.4, -0.2) is 56.9 Å².